The molecule has 1 aliphatic heterocycles. The molecule has 0 aromatic carbocycles. The highest BCUT2D eigenvalue weighted by Gasteiger charge is 2.19. The highest BCUT2D eigenvalue weighted by Crippen LogP contribution is 2.14. The van der Waals surface area contributed by atoms with Gasteiger partial charge in [0.2, 0.25) is 0 Å². The molecule has 1 aliphatic rings. The fourth-order valence-corrected chi connectivity index (χ4v) is 3.34. The first kappa shape index (κ1) is 33.7. The van der Waals surface area contributed by atoms with Crippen LogP contribution < -0.4 is 5.32 Å². The smallest absolute Gasteiger partial charge is 0.293 e. The van der Waals surface area contributed by atoms with Crippen LogP contribution in [-0.4, -0.2) is 82.0 Å². The van der Waals surface area contributed by atoms with Gasteiger partial charge in [-0.25, -0.2) is 0 Å². The summed E-state index contributed by atoms with van der Waals surface area (Å²) in [6, 6.07) is 3.79. The highest BCUT2D eigenvalue weighted by molar-refractivity contribution is 7.14. The Kier molecular flexibility index (Phi) is 22.1. The van der Waals surface area contributed by atoms with E-state index < -0.39 is 0 Å². The zero-order chi connectivity index (χ0) is 26.4. The van der Waals surface area contributed by atoms with Crippen molar-refractivity contribution in [2.45, 2.75) is 26.9 Å². The topological polar surface area (TPSA) is 88.2 Å². The molecule has 1 N–H and O–H groups in total. The summed E-state index contributed by atoms with van der Waals surface area (Å²) in [4.78, 5) is 34.0. The molecule has 192 valence electrons. The first-order valence-corrected chi connectivity index (χ1v) is 12.0. The monoisotopic (exact) mass is 515 g/mol. The molecule has 8 nitrogen and oxygen atoms in total. The summed E-state index contributed by atoms with van der Waals surface area (Å²) in [5, 5.41) is 4.94. The number of carbonyl (C=O) groups is 3. The number of carbonyl (C=O) groups excluding carboxylic acids is 3. The van der Waals surface area contributed by atoms with E-state index in [0.717, 1.165) is 10.0 Å². The minimum absolute atomic E-state index is 0.0836. The number of hydrogen-bond donors (Lipinski definition) is 1. The molecule has 1 aromatic heterocycles. The largest absolute Gasteiger partial charge is 0.461 e. The molecule has 1 unspecified atom stereocenters. The zero-order valence-corrected chi connectivity index (χ0v) is 22.4. The van der Waals surface area contributed by atoms with E-state index in [1.54, 1.807) is 23.3 Å². The first-order valence-electron chi connectivity index (χ1n) is 10.8. The number of nitrogens with zero attached hydrogens (tertiary/aromatic N) is 2. The second-order valence-electron chi connectivity index (χ2n) is 6.35. The van der Waals surface area contributed by atoms with Gasteiger partial charge in [-0.05, 0) is 43.6 Å². The highest BCUT2D eigenvalue weighted by atomic mass is 35.5. The lowest BCUT2D eigenvalue weighted by Crippen LogP contribution is -2.40. The number of amides is 1. The lowest BCUT2D eigenvalue weighted by Gasteiger charge is -2.28. The molecule has 1 aromatic rings. The Labute approximate surface area is 212 Å². The van der Waals surface area contributed by atoms with Crippen molar-refractivity contribution >= 4 is 42.1 Å². The molecular formula is C24H38ClN3O5S. The zero-order valence-electron chi connectivity index (χ0n) is 20.8. The minimum Gasteiger partial charge on any atom is -0.461 e. The van der Waals surface area contributed by atoms with Crippen LogP contribution in [0.25, 0.3) is 0 Å². The maximum atomic E-state index is 11.8. The summed E-state index contributed by atoms with van der Waals surface area (Å²) in [7, 11) is 3.72. The van der Waals surface area contributed by atoms with Crippen molar-refractivity contribution in [2.75, 3.05) is 46.9 Å². The number of allylic oxidation sites excluding steroid dienone is 3. The Balaban J connectivity index is 0. The standard InChI is InChI=1S/C17H27N3O4.C4H3ClS.C2H6.CH2O/c1-5-15(19(4)11-16(10-18-3)24-13-21)7-6-14(2)20-8-9-23-12-17(20)22;5-4-2-1-3-6-4;2*1-2/h5-7,13,16,18H,2,8-12H2,1,3-4H3;1-3H;1-2H3;1H2/b7-6-,15-5+;;;. The van der Waals surface area contributed by atoms with E-state index in [9.17, 15) is 9.59 Å². The van der Waals surface area contributed by atoms with Crippen LogP contribution in [0.2, 0.25) is 4.34 Å². The Bertz CT molecular complexity index is 741. The van der Waals surface area contributed by atoms with Gasteiger partial charge in [0.25, 0.3) is 12.4 Å². The van der Waals surface area contributed by atoms with E-state index in [-0.39, 0.29) is 18.6 Å². The van der Waals surface area contributed by atoms with E-state index in [2.05, 4.69) is 11.9 Å². The quantitative estimate of drug-likeness (QED) is 0.375. The minimum atomic E-state index is -0.245. The van der Waals surface area contributed by atoms with E-state index in [1.807, 2.05) is 75.2 Å². The van der Waals surface area contributed by atoms with Crippen LogP contribution >= 0.6 is 22.9 Å². The molecule has 0 saturated carbocycles. The summed E-state index contributed by atoms with van der Waals surface area (Å²) in [5.41, 5.74) is 1.57. The van der Waals surface area contributed by atoms with E-state index in [1.165, 1.54) is 0 Å². The summed E-state index contributed by atoms with van der Waals surface area (Å²) in [6.45, 7) is 14.6. The van der Waals surface area contributed by atoms with Crippen molar-refractivity contribution < 1.29 is 23.9 Å². The average Bonchev–Trinajstić information content (AvgIpc) is 3.34. The SMILES string of the molecule is C=C(/C=C\C(=C/C)N(C)CC(CNC)OC=O)N1CCOCC1=O.C=O.CC.Clc1cccs1. The van der Waals surface area contributed by atoms with Gasteiger partial charge in [0.1, 0.15) is 19.5 Å². The van der Waals surface area contributed by atoms with Gasteiger partial charge in [0, 0.05) is 31.5 Å². The summed E-state index contributed by atoms with van der Waals surface area (Å²) < 4.78 is 11.0. The number of nitrogens with one attached hydrogen (secondary N) is 1. The third-order valence-corrected chi connectivity index (χ3v) is 5.21. The van der Waals surface area contributed by atoms with Crippen LogP contribution in [0.4, 0.5) is 0 Å². The van der Waals surface area contributed by atoms with E-state index in [4.69, 9.17) is 25.9 Å². The molecule has 10 heteroatoms. The number of thiophene rings is 1. The lowest BCUT2D eigenvalue weighted by atomic mass is 10.2. The number of ether oxygens (including phenoxy) is 2. The van der Waals surface area contributed by atoms with Crippen LogP contribution in [-0.2, 0) is 23.9 Å². The van der Waals surface area contributed by atoms with Crippen molar-refractivity contribution in [2.24, 2.45) is 0 Å². The van der Waals surface area contributed by atoms with Gasteiger partial charge >= 0.3 is 0 Å². The van der Waals surface area contributed by atoms with E-state index >= 15 is 0 Å². The summed E-state index contributed by atoms with van der Waals surface area (Å²) in [5.74, 6) is -0.0836. The number of halogens is 1. The van der Waals surface area contributed by atoms with Crippen LogP contribution in [0.15, 0.2) is 53.7 Å². The molecular weight excluding hydrogens is 478 g/mol. The molecule has 0 spiro atoms. The fourth-order valence-electron chi connectivity index (χ4n) is 2.67. The molecule has 34 heavy (non-hydrogen) atoms. The van der Waals surface area contributed by atoms with E-state index in [0.29, 0.717) is 38.4 Å². The summed E-state index contributed by atoms with van der Waals surface area (Å²) in [6.07, 6.45) is 5.40. The number of rotatable bonds is 10. The van der Waals surface area contributed by atoms with Gasteiger partial charge in [-0.3, -0.25) is 9.59 Å². The van der Waals surface area contributed by atoms with Gasteiger partial charge < -0.3 is 29.4 Å². The second-order valence-corrected chi connectivity index (χ2v) is 7.92. The van der Waals surface area contributed by atoms with Crippen molar-refractivity contribution in [1.82, 2.24) is 15.1 Å². The predicted molar refractivity (Wildman–Crippen MR) is 140 cm³/mol. The molecule has 0 bridgehead atoms. The van der Waals surface area contributed by atoms with Gasteiger partial charge in [-0.15, -0.1) is 11.3 Å². The molecule has 0 aliphatic carbocycles. The third-order valence-electron chi connectivity index (χ3n) is 4.16. The van der Waals surface area contributed by atoms with Gasteiger partial charge in [0.15, 0.2) is 0 Å². The maximum absolute atomic E-state index is 11.8. The molecule has 1 atom stereocenters. The Morgan fingerprint density at radius 1 is 1.41 bits per heavy atom. The lowest BCUT2D eigenvalue weighted by molar-refractivity contribution is -0.139. The molecule has 1 saturated heterocycles. The Hall–Kier alpha value is -2.46. The summed E-state index contributed by atoms with van der Waals surface area (Å²) >= 11 is 7.02. The predicted octanol–water partition coefficient (Wildman–Crippen LogP) is 3.75. The van der Waals surface area contributed by atoms with Gasteiger partial charge in [-0.1, -0.05) is 38.1 Å². The van der Waals surface area contributed by atoms with Crippen molar-refractivity contribution in [1.29, 1.82) is 0 Å². The second kappa shape index (κ2) is 22.3. The Morgan fingerprint density at radius 2 is 2.09 bits per heavy atom. The fraction of sp³-hybridized carbons (Fsp3) is 0.458. The Morgan fingerprint density at radius 3 is 2.53 bits per heavy atom. The van der Waals surface area contributed by atoms with Crippen LogP contribution in [0.1, 0.15) is 20.8 Å². The molecule has 2 rings (SSSR count). The van der Waals surface area contributed by atoms with Crippen molar-refractivity contribution in [3.05, 3.63) is 58.1 Å². The molecule has 2 heterocycles. The van der Waals surface area contributed by atoms with Crippen molar-refractivity contribution in [3.8, 4) is 0 Å². The van der Waals surface area contributed by atoms with Gasteiger partial charge in [-0.2, -0.15) is 0 Å². The molecule has 0 radical (unpaired) electrons. The number of likely N-dealkylation sites (N-methyl/N-ethyl adjacent to an activating group) is 2. The van der Waals surface area contributed by atoms with Crippen molar-refractivity contribution in [3.63, 3.8) is 0 Å². The van der Waals surface area contributed by atoms with Crippen LogP contribution in [0.5, 0.6) is 0 Å². The maximum Gasteiger partial charge on any atom is 0.293 e. The van der Waals surface area contributed by atoms with Crippen LogP contribution in [0, 0.1) is 0 Å². The number of hydrogen-bond acceptors (Lipinski definition) is 8. The molecule has 1 amide bonds. The normalized spacial score (nSPS) is 13.9. The third kappa shape index (κ3) is 14.6. The van der Waals surface area contributed by atoms with Crippen LogP contribution in [0.3, 0.4) is 0 Å². The molecule has 1 fully saturated rings. The number of morpholine rings is 1. The van der Waals surface area contributed by atoms with Gasteiger partial charge in [0.05, 0.1) is 17.5 Å². The average molecular weight is 516 g/mol. The first-order chi connectivity index (χ1) is 16.4.